The smallest absolute Gasteiger partial charge is 0.222 e. The number of phenols is 1. The number of benzene rings is 1. The lowest BCUT2D eigenvalue weighted by atomic mass is 9.58. The fourth-order valence-corrected chi connectivity index (χ4v) is 6.64. The van der Waals surface area contributed by atoms with Gasteiger partial charge in [-0.3, -0.25) is 4.79 Å². The Balaban J connectivity index is 1.70. The number of hydrogen-bond donors (Lipinski definition) is 3. The van der Waals surface area contributed by atoms with Crippen LogP contribution in [0.15, 0.2) is 12.1 Å². The van der Waals surface area contributed by atoms with Crippen LogP contribution in [0, 0.1) is 22.7 Å². The third kappa shape index (κ3) is 3.11. The van der Waals surface area contributed by atoms with E-state index < -0.39 is 0 Å². The van der Waals surface area contributed by atoms with Crippen molar-refractivity contribution in [1.29, 1.82) is 0 Å². The number of amides is 1. The Morgan fingerprint density at radius 1 is 1.41 bits per heavy atom. The minimum absolute atomic E-state index is 0.00925. The van der Waals surface area contributed by atoms with Gasteiger partial charge in [0, 0.05) is 30.7 Å². The van der Waals surface area contributed by atoms with Gasteiger partial charge < -0.3 is 25.0 Å². The van der Waals surface area contributed by atoms with Crippen LogP contribution in [0.25, 0.3) is 0 Å². The molecule has 6 nitrogen and oxygen atoms in total. The minimum Gasteiger partial charge on any atom is -0.504 e. The Morgan fingerprint density at radius 2 is 2.17 bits per heavy atom. The van der Waals surface area contributed by atoms with E-state index in [2.05, 4.69) is 19.2 Å². The number of halogens is 1. The number of carbonyl (C=O) groups excluding carboxylic acids is 1. The van der Waals surface area contributed by atoms with Crippen molar-refractivity contribution in [1.82, 2.24) is 5.32 Å². The summed E-state index contributed by atoms with van der Waals surface area (Å²) in [4.78, 5) is 12.4. The molecule has 2 bridgehead atoms. The molecule has 3 aliphatic rings. The maximum atomic E-state index is 12.4. The maximum Gasteiger partial charge on any atom is 0.222 e. The largest absolute Gasteiger partial charge is 0.504 e. The van der Waals surface area contributed by atoms with E-state index >= 15 is 0 Å². The number of ether oxygens (including phenoxy) is 2. The monoisotopic (exact) mass is 423 g/mol. The van der Waals surface area contributed by atoms with Crippen LogP contribution in [0.4, 0.5) is 0 Å². The number of fused-ring (bicyclic) bond motifs is 1. The van der Waals surface area contributed by atoms with E-state index in [9.17, 15) is 9.90 Å². The number of carbonyl (C=O) groups is 1. The molecule has 7 heteroatoms. The van der Waals surface area contributed by atoms with Crippen molar-refractivity contribution < 1.29 is 24.5 Å². The molecule has 0 radical (unpaired) electrons. The first-order valence-electron chi connectivity index (χ1n) is 10.3. The van der Waals surface area contributed by atoms with Gasteiger partial charge in [-0.2, -0.15) is 0 Å². The molecule has 0 aromatic heterocycles. The van der Waals surface area contributed by atoms with Crippen molar-refractivity contribution in [3.63, 3.8) is 0 Å². The summed E-state index contributed by atoms with van der Waals surface area (Å²) in [5.41, 5.74) is 0.757. The Labute approximate surface area is 176 Å². The molecule has 1 amide bonds. The molecule has 3 N–H and O–H groups in total. The molecule has 1 heterocycles. The van der Waals surface area contributed by atoms with Crippen molar-refractivity contribution in [2.75, 3.05) is 20.3 Å². The summed E-state index contributed by atoms with van der Waals surface area (Å²) in [6.45, 7) is 4.93. The quantitative estimate of drug-likeness (QED) is 0.675. The lowest BCUT2D eigenvalue weighted by molar-refractivity contribution is -0.137. The van der Waals surface area contributed by atoms with Crippen molar-refractivity contribution in [3.05, 3.63) is 22.7 Å². The SMILES string of the molecule is COc1cc([C@H]2OCCC34C[C@@H](C[C@H]23)C(C)(C)[C@H]4NC(=O)CCO)c(Cl)cc1O. The van der Waals surface area contributed by atoms with Crippen molar-refractivity contribution in [3.8, 4) is 11.5 Å². The lowest BCUT2D eigenvalue weighted by Crippen LogP contribution is -2.59. The zero-order chi connectivity index (χ0) is 21.0. The van der Waals surface area contributed by atoms with Gasteiger partial charge in [-0.15, -0.1) is 0 Å². The third-order valence-electron chi connectivity index (χ3n) is 7.75. The van der Waals surface area contributed by atoms with Crippen LogP contribution >= 0.6 is 11.6 Å². The molecule has 4 rings (SSSR count). The summed E-state index contributed by atoms with van der Waals surface area (Å²) >= 11 is 6.51. The van der Waals surface area contributed by atoms with Gasteiger partial charge in [0.2, 0.25) is 5.91 Å². The van der Waals surface area contributed by atoms with E-state index in [0.29, 0.717) is 23.3 Å². The van der Waals surface area contributed by atoms with Crippen molar-refractivity contribution in [2.24, 2.45) is 22.7 Å². The summed E-state index contributed by atoms with van der Waals surface area (Å²) in [5.74, 6) is 0.992. The molecule has 1 unspecified atom stereocenters. The van der Waals surface area contributed by atoms with Crippen LogP contribution in [0.3, 0.4) is 0 Å². The van der Waals surface area contributed by atoms with E-state index in [0.717, 1.165) is 24.8 Å². The molecule has 2 aliphatic carbocycles. The summed E-state index contributed by atoms with van der Waals surface area (Å²) in [7, 11) is 1.52. The normalized spacial score (nSPS) is 34.7. The predicted molar refractivity (Wildman–Crippen MR) is 109 cm³/mol. The summed E-state index contributed by atoms with van der Waals surface area (Å²) < 4.78 is 11.5. The van der Waals surface area contributed by atoms with Gasteiger partial charge >= 0.3 is 0 Å². The number of aliphatic hydroxyl groups is 1. The zero-order valence-corrected chi connectivity index (χ0v) is 18.0. The van der Waals surface area contributed by atoms with Crippen LogP contribution in [0.2, 0.25) is 5.02 Å². The van der Waals surface area contributed by atoms with Crippen LogP contribution in [0.1, 0.15) is 51.2 Å². The zero-order valence-electron chi connectivity index (χ0n) is 17.2. The molecule has 1 aromatic rings. The van der Waals surface area contributed by atoms with Crippen LogP contribution in [-0.2, 0) is 9.53 Å². The highest BCUT2D eigenvalue weighted by molar-refractivity contribution is 6.31. The van der Waals surface area contributed by atoms with E-state index in [1.165, 1.54) is 13.2 Å². The molecule has 1 spiro atoms. The number of rotatable bonds is 5. The Bertz CT molecular complexity index is 813. The molecule has 1 aromatic carbocycles. The fraction of sp³-hybridized carbons (Fsp3) is 0.682. The average molecular weight is 424 g/mol. The topological polar surface area (TPSA) is 88.0 Å². The number of aromatic hydroxyl groups is 1. The Hall–Kier alpha value is -1.50. The number of aliphatic hydroxyl groups excluding tert-OH is 1. The second-order valence-electron chi connectivity index (χ2n) is 9.36. The van der Waals surface area contributed by atoms with Crippen LogP contribution in [-0.4, -0.2) is 42.5 Å². The van der Waals surface area contributed by atoms with Gasteiger partial charge in [0.05, 0.1) is 24.8 Å². The summed E-state index contributed by atoms with van der Waals surface area (Å²) in [5, 5.41) is 22.9. The van der Waals surface area contributed by atoms with Gasteiger partial charge in [-0.1, -0.05) is 25.4 Å². The Morgan fingerprint density at radius 3 is 2.86 bits per heavy atom. The third-order valence-corrected chi connectivity index (χ3v) is 8.08. The highest BCUT2D eigenvalue weighted by atomic mass is 35.5. The van der Waals surface area contributed by atoms with E-state index in [4.69, 9.17) is 26.2 Å². The Kier molecular flexibility index (Phi) is 5.24. The van der Waals surface area contributed by atoms with Crippen LogP contribution < -0.4 is 10.1 Å². The number of nitrogens with one attached hydrogen (secondary N) is 1. The molecule has 2 saturated carbocycles. The van der Waals surface area contributed by atoms with Gasteiger partial charge in [0.1, 0.15) is 0 Å². The van der Waals surface area contributed by atoms with Gasteiger partial charge in [-0.05, 0) is 48.0 Å². The maximum absolute atomic E-state index is 12.4. The second-order valence-corrected chi connectivity index (χ2v) is 9.77. The molecular weight excluding hydrogens is 394 g/mol. The van der Waals surface area contributed by atoms with Crippen LogP contribution in [0.5, 0.6) is 11.5 Å². The summed E-state index contributed by atoms with van der Waals surface area (Å²) in [6, 6.07) is 3.32. The number of methoxy groups -OCH3 is 1. The molecule has 5 atom stereocenters. The first-order chi connectivity index (χ1) is 13.7. The predicted octanol–water partition coefficient (Wildman–Crippen LogP) is 3.44. The highest BCUT2D eigenvalue weighted by Gasteiger charge is 2.68. The fourth-order valence-electron chi connectivity index (χ4n) is 6.37. The number of phenolic OH excluding ortho intramolecular Hbond substituents is 1. The van der Waals surface area contributed by atoms with Crippen molar-refractivity contribution in [2.45, 2.75) is 51.7 Å². The van der Waals surface area contributed by atoms with Gasteiger partial charge in [0.25, 0.3) is 0 Å². The standard InChI is InChI=1S/C22H30ClNO5/c1-21(2)12-8-14-19(13-9-17(28-3)16(26)10-15(13)23)29-7-5-22(14,11-12)20(21)24-18(27)4-6-25/h9-10,12,14,19-20,25-26H,4-8,11H2,1-3H3,(H,24,27)/t12-,14-,19-,20-,22?/m1/s1. The first-order valence-corrected chi connectivity index (χ1v) is 10.7. The van der Waals surface area contributed by atoms with Gasteiger partial charge in [-0.25, -0.2) is 0 Å². The minimum atomic E-state index is -0.205. The molecule has 3 fully saturated rings. The second kappa shape index (κ2) is 7.33. The van der Waals surface area contributed by atoms with E-state index in [-0.39, 0.29) is 53.6 Å². The summed E-state index contributed by atoms with van der Waals surface area (Å²) in [6.07, 6.45) is 2.89. The van der Waals surface area contributed by atoms with Gasteiger partial charge in [0.15, 0.2) is 11.5 Å². The molecule has 1 saturated heterocycles. The van der Waals surface area contributed by atoms with E-state index in [1.807, 2.05) is 0 Å². The average Bonchev–Trinajstić information content (AvgIpc) is 3.15. The molecule has 29 heavy (non-hydrogen) atoms. The van der Waals surface area contributed by atoms with E-state index in [1.54, 1.807) is 6.07 Å². The molecule has 160 valence electrons. The number of hydrogen-bond acceptors (Lipinski definition) is 5. The first kappa shape index (κ1) is 20.8. The lowest BCUT2D eigenvalue weighted by Gasteiger charge is -2.53. The molecule has 1 aliphatic heterocycles. The molecular formula is C22H30ClNO5. The van der Waals surface area contributed by atoms with Crippen molar-refractivity contribution >= 4 is 17.5 Å². The highest BCUT2D eigenvalue weighted by Crippen LogP contribution is 2.70.